The van der Waals surface area contributed by atoms with Crippen LogP contribution in [-0.4, -0.2) is 27.8 Å². The number of amides is 2. The van der Waals surface area contributed by atoms with Crippen LogP contribution in [0, 0.1) is 0 Å². The third-order valence-corrected chi connectivity index (χ3v) is 4.32. The van der Waals surface area contributed by atoms with Crippen molar-refractivity contribution < 1.29 is 14.0 Å². The van der Waals surface area contributed by atoms with Crippen LogP contribution in [0.1, 0.15) is 18.4 Å². The number of aromatic nitrogens is 1. The van der Waals surface area contributed by atoms with Crippen LogP contribution in [0.15, 0.2) is 63.8 Å². The summed E-state index contributed by atoms with van der Waals surface area (Å²) < 4.78 is 6.63. The summed E-state index contributed by atoms with van der Waals surface area (Å²) in [5.74, 6) is -1.11. The lowest BCUT2D eigenvalue weighted by atomic mass is 10.2. The first-order valence-corrected chi connectivity index (χ1v) is 8.73. The van der Waals surface area contributed by atoms with Crippen molar-refractivity contribution in [3.63, 3.8) is 0 Å². The summed E-state index contributed by atoms with van der Waals surface area (Å²) in [6.45, 7) is 0.828. The van der Waals surface area contributed by atoms with E-state index < -0.39 is 11.7 Å². The topological polar surface area (TPSA) is 98.5 Å². The van der Waals surface area contributed by atoms with Gasteiger partial charge in [-0.05, 0) is 17.7 Å². The minimum Gasteiger partial charge on any atom is -0.408 e. The van der Waals surface area contributed by atoms with Gasteiger partial charge in [0.1, 0.15) is 0 Å². The fraction of sp³-hybridized carbons (Fsp3) is 0.250. The highest BCUT2D eigenvalue weighted by atomic mass is 16.4. The normalized spacial score (nSPS) is 10.8. The molecule has 0 saturated heterocycles. The van der Waals surface area contributed by atoms with Crippen LogP contribution < -0.4 is 11.5 Å². The van der Waals surface area contributed by atoms with E-state index in [0.29, 0.717) is 17.6 Å². The first-order valence-electron chi connectivity index (χ1n) is 8.73. The molecule has 27 heavy (non-hydrogen) atoms. The van der Waals surface area contributed by atoms with E-state index in [4.69, 9.17) is 10.2 Å². The average Bonchev–Trinajstić information content (AvgIpc) is 2.99. The monoisotopic (exact) mass is 367 g/mol. The number of aryl methyl sites for hydroxylation is 1. The number of hydrogen-bond acceptors (Lipinski definition) is 4. The number of nitrogens with two attached hydrogens (primary N) is 1. The number of rotatable bonds is 8. The van der Waals surface area contributed by atoms with Crippen molar-refractivity contribution in [3.05, 3.63) is 70.7 Å². The van der Waals surface area contributed by atoms with Crippen molar-refractivity contribution in [2.45, 2.75) is 25.9 Å². The van der Waals surface area contributed by atoms with Crippen molar-refractivity contribution in [2.24, 2.45) is 5.73 Å². The van der Waals surface area contributed by atoms with Crippen LogP contribution in [0.5, 0.6) is 0 Å². The fourth-order valence-electron chi connectivity index (χ4n) is 2.93. The molecule has 2 aromatic carbocycles. The maximum atomic E-state index is 12.7. The fourth-order valence-corrected chi connectivity index (χ4v) is 2.93. The quantitative estimate of drug-likeness (QED) is 0.657. The molecule has 0 unspecified atom stereocenters. The van der Waals surface area contributed by atoms with Crippen molar-refractivity contribution in [3.8, 4) is 0 Å². The molecule has 1 aromatic heterocycles. The Kier molecular flexibility index (Phi) is 5.71. The zero-order chi connectivity index (χ0) is 19.2. The Morgan fingerprint density at radius 2 is 1.70 bits per heavy atom. The van der Waals surface area contributed by atoms with Gasteiger partial charge in [-0.15, -0.1) is 0 Å². The summed E-state index contributed by atoms with van der Waals surface area (Å²) in [6, 6.07) is 16.6. The summed E-state index contributed by atoms with van der Waals surface area (Å²) in [5, 5.41) is 0. The molecule has 0 fully saturated rings. The number of oxazole rings is 1. The second-order valence-corrected chi connectivity index (χ2v) is 6.25. The zero-order valence-corrected chi connectivity index (χ0v) is 14.8. The highest BCUT2D eigenvalue weighted by molar-refractivity contribution is 5.78. The molecular weight excluding hydrogens is 346 g/mol. The number of carbonyl (C=O) groups excluding carboxylic acids is 2. The molecule has 7 heteroatoms. The summed E-state index contributed by atoms with van der Waals surface area (Å²) in [4.78, 5) is 37.5. The highest BCUT2D eigenvalue weighted by Crippen LogP contribution is 2.13. The Balaban J connectivity index is 1.72. The minimum absolute atomic E-state index is 0.0904. The van der Waals surface area contributed by atoms with E-state index in [1.165, 1.54) is 4.57 Å². The second-order valence-electron chi connectivity index (χ2n) is 6.25. The predicted molar refractivity (Wildman–Crippen MR) is 101 cm³/mol. The number of nitrogens with zero attached hydrogens (tertiary/aromatic N) is 2. The summed E-state index contributed by atoms with van der Waals surface area (Å²) in [7, 11) is 0. The standard InChI is InChI=1S/C20H21N3O4/c21-18(24)10-12-22(14-15-6-2-1-3-7-15)19(25)11-13-23-16-8-4-5-9-17(16)27-20(23)26/h1-9H,10-14H2,(H2,21,24). The van der Waals surface area contributed by atoms with Crippen LogP contribution in [0.25, 0.3) is 11.1 Å². The molecule has 0 aliphatic rings. The Labute approximate surface area is 156 Å². The van der Waals surface area contributed by atoms with Gasteiger partial charge < -0.3 is 15.1 Å². The van der Waals surface area contributed by atoms with Crippen LogP contribution >= 0.6 is 0 Å². The van der Waals surface area contributed by atoms with Crippen LogP contribution in [0.4, 0.5) is 0 Å². The molecule has 0 atom stereocenters. The van der Waals surface area contributed by atoms with Gasteiger partial charge in [0.2, 0.25) is 11.8 Å². The summed E-state index contributed by atoms with van der Waals surface area (Å²) in [5.41, 5.74) is 7.34. The van der Waals surface area contributed by atoms with Gasteiger partial charge in [0.25, 0.3) is 0 Å². The molecule has 0 radical (unpaired) electrons. The van der Waals surface area contributed by atoms with Crippen molar-refractivity contribution in [1.82, 2.24) is 9.47 Å². The lowest BCUT2D eigenvalue weighted by Crippen LogP contribution is -2.34. The lowest BCUT2D eigenvalue weighted by Gasteiger charge is -2.22. The highest BCUT2D eigenvalue weighted by Gasteiger charge is 2.17. The van der Waals surface area contributed by atoms with E-state index in [1.54, 1.807) is 23.1 Å². The molecule has 140 valence electrons. The summed E-state index contributed by atoms with van der Waals surface area (Å²) >= 11 is 0. The van der Waals surface area contributed by atoms with Crippen LogP contribution in [-0.2, 0) is 22.7 Å². The Morgan fingerprint density at radius 3 is 2.44 bits per heavy atom. The Hall–Kier alpha value is -3.35. The molecule has 3 aromatic rings. The molecule has 0 spiro atoms. The van der Waals surface area contributed by atoms with E-state index in [0.717, 1.165) is 5.56 Å². The molecule has 1 heterocycles. The van der Waals surface area contributed by atoms with E-state index in [-0.39, 0.29) is 31.8 Å². The van der Waals surface area contributed by atoms with Gasteiger partial charge in [-0.25, -0.2) is 4.79 Å². The predicted octanol–water partition coefficient (Wildman–Crippen LogP) is 1.89. The first-order chi connectivity index (χ1) is 13.0. The SMILES string of the molecule is NC(=O)CCN(Cc1ccccc1)C(=O)CCn1c(=O)oc2ccccc21. The third-order valence-electron chi connectivity index (χ3n) is 4.32. The second kappa shape index (κ2) is 8.35. The molecule has 3 rings (SSSR count). The molecule has 2 amide bonds. The van der Waals surface area contributed by atoms with E-state index in [2.05, 4.69) is 0 Å². The number of benzene rings is 2. The van der Waals surface area contributed by atoms with Crippen molar-refractivity contribution >= 4 is 22.9 Å². The van der Waals surface area contributed by atoms with Crippen molar-refractivity contribution in [1.29, 1.82) is 0 Å². The van der Waals surface area contributed by atoms with Gasteiger partial charge in [-0.2, -0.15) is 0 Å². The van der Waals surface area contributed by atoms with Gasteiger partial charge in [-0.3, -0.25) is 14.2 Å². The number of primary amides is 1. The molecule has 2 N–H and O–H groups in total. The van der Waals surface area contributed by atoms with E-state index >= 15 is 0 Å². The van der Waals surface area contributed by atoms with Gasteiger partial charge in [0.15, 0.2) is 5.58 Å². The molecular formula is C20H21N3O4. The average molecular weight is 367 g/mol. The Bertz CT molecular complexity index is 991. The largest absolute Gasteiger partial charge is 0.419 e. The van der Waals surface area contributed by atoms with E-state index in [9.17, 15) is 14.4 Å². The number of para-hydroxylation sites is 2. The van der Waals surface area contributed by atoms with Crippen molar-refractivity contribution in [2.75, 3.05) is 6.54 Å². The summed E-state index contributed by atoms with van der Waals surface area (Å²) in [6.07, 6.45) is 0.211. The smallest absolute Gasteiger partial charge is 0.408 e. The molecule has 0 saturated carbocycles. The van der Waals surface area contributed by atoms with Gasteiger partial charge in [0.05, 0.1) is 5.52 Å². The zero-order valence-electron chi connectivity index (χ0n) is 14.8. The number of carbonyl (C=O) groups is 2. The lowest BCUT2D eigenvalue weighted by molar-refractivity contribution is -0.132. The maximum absolute atomic E-state index is 12.7. The molecule has 0 aliphatic heterocycles. The van der Waals surface area contributed by atoms with E-state index in [1.807, 2.05) is 36.4 Å². The molecule has 0 bridgehead atoms. The third kappa shape index (κ3) is 4.63. The minimum atomic E-state index is -0.490. The van der Waals surface area contributed by atoms with Gasteiger partial charge >= 0.3 is 5.76 Å². The van der Waals surface area contributed by atoms with Gasteiger partial charge in [0, 0.05) is 32.5 Å². The number of hydrogen-bond donors (Lipinski definition) is 1. The molecule has 0 aliphatic carbocycles. The molecule has 7 nitrogen and oxygen atoms in total. The van der Waals surface area contributed by atoms with Crippen LogP contribution in [0.3, 0.4) is 0 Å². The van der Waals surface area contributed by atoms with Crippen LogP contribution in [0.2, 0.25) is 0 Å². The maximum Gasteiger partial charge on any atom is 0.419 e. The van der Waals surface area contributed by atoms with Gasteiger partial charge in [-0.1, -0.05) is 42.5 Å². The number of fused-ring (bicyclic) bond motifs is 1. The Morgan fingerprint density at radius 1 is 1.00 bits per heavy atom. The first kappa shape index (κ1) is 18.4.